The maximum atomic E-state index is 9.60. The van der Waals surface area contributed by atoms with Crippen molar-refractivity contribution in [1.82, 2.24) is 10.2 Å². The van der Waals surface area contributed by atoms with Crippen molar-refractivity contribution < 1.29 is 5.11 Å². The van der Waals surface area contributed by atoms with Gasteiger partial charge in [-0.05, 0) is 52.1 Å². The Hall–Kier alpha value is -0.120. The summed E-state index contributed by atoms with van der Waals surface area (Å²) in [5.74, 6) is 0.902. The van der Waals surface area contributed by atoms with Gasteiger partial charge in [0.05, 0.1) is 6.61 Å². The lowest BCUT2D eigenvalue weighted by atomic mass is 9.86. The van der Waals surface area contributed by atoms with Crippen LogP contribution in [0.2, 0.25) is 0 Å². The van der Waals surface area contributed by atoms with Gasteiger partial charge in [-0.25, -0.2) is 0 Å². The molecule has 0 amide bonds. The topological polar surface area (TPSA) is 35.5 Å². The summed E-state index contributed by atoms with van der Waals surface area (Å²) in [4.78, 5) is 2.57. The lowest BCUT2D eigenvalue weighted by Crippen LogP contribution is -2.49. The number of hydrogen-bond acceptors (Lipinski definition) is 3. The van der Waals surface area contributed by atoms with E-state index in [2.05, 4.69) is 45.0 Å². The maximum Gasteiger partial charge on any atom is 0.0610 e. The third-order valence-electron chi connectivity index (χ3n) is 5.01. The summed E-state index contributed by atoms with van der Waals surface area (Å²) in [5.41, 5.74) is -0.119. The van der Waals surface area contributed by atoms with Crippen molar-refractivity contribution >= 4 is 0 Å². The molecule has 0 saturated heterocycles. The molecule has 0 heterocycles. The van der Waals surface area contributed by atoms with E-state index in [-0.39, 0.29) is 12.1 Å². The third-order valence-corrected chi connectivity index (χ3v) is 5.01. The molecule has 3 unspecified atom stereocenters. The Bertz CT molecular complexity index is 282. The Labute approximate surface area is 132 Å². The summed E-state index contributed by atoms with van der Waals surface area (Å²) in [6.45, 7) is 10.2. The Morgan fingerprint density at radius 1 is 1.29 bits per heavy atom. The third kappa shape index (κ3) is 7.12. The summed E-state index contributed by atoms with van der Waals surface area (Å²) in [7, 11) is 2.29. The van der Waals surface area contributed by atoms with Crippen LogP contribution in [0.4, 0.5) is 0 Å². The van der Waals surface area contributed by atoms with Crippen LogP contribution < -0.4 is 5.32 Å². The van der Waals surface area contributed by atoms with Gasteiger partial charge in [-0.3, -0.25) is 0 Å². The molecule has 1 fully saturated rings. The maximum absolute atomic E-state index is 9.60. The molecule has 1 rings (SSSR count). The monoisotopic (exact) mass is 298 g/mol. The molecule has 3 atom stereocenters. The number of unbranched alkanes of at least 4 members (excludes halogenated alkanes) is 1. The second kappa shape index (κ2) is 9.12. The number of aliphatic hydroxyl groups excluding tert-OH is 1. The van der Waals surface area contributed by atoms with Crippen LogP contribution in [-0.4, -0.2) is 47.8 Å². The first-order chi connectivity index (χ1) is 9.86. The fraction of sp³-hybridized carbons (Fsp3) is 1.00. The standard InChI is InChI=1S/C18H38N2O/c1-15(2)19-18(4,14-21)11-6-7-12-20(5)17-10-8-9-16(3)13-17/h15-17,19,21H,6-14H2,1-5H3. The Balaban J connectivity index is 2.23. The predicted octanol–water partition coefficient (Wildman–Crippen LogP) is 3.42. The largest absolute Gasteiger partial charge is 0.394 e. The highest BCUT2D eigenvalue weighted by atomic mass is 16.3. The Kier molecular flexibility index (Phi) is 8.22. The molecule has 1 aliphatic carbocycles. The Morgan fingerprint density at radius 2 is 2.00 bits per heavy atom. The lowest BCUT2D eigenvalue weighted by Gasteiger charge is -2.35. The zero-order valence-corrected chi connectivity index (χ0v) is 15.0. The lowest BCUT2D eigenvalue weighted by molar-refractivity contribution is 0.143. The van der Waals surface area contributed by atoms with Crippen molar-refractivity contribution in [2.24, 2.45) is 5.92 Å². The minimum Gasteiger partial charge on any atom is -0.394 e. The first-order valence-corrected chi connectivity index (χ1v) is 8.95. The predicted molar refractivity (Wildman–Crippen MR) is 91.7 cm³/mol. The van der Waals surface area contributed by atoms with Crippen LogP contribution >= 0.6 is 0 Å². The van der Waals surface area contributed by atoms with Crippen molar-refractivity contribution in [1.29, 1.82) is 0 Å². The number of nitrogens with one attached hydrogen (secondary N) is 1. The van der Waals surface area contributed by atoms with Crippen molar-refractivity contribution in [3.05, 3.63) is 0 Å². The van der Waals surface area contributed by atoms with Crippen molar-refractivity contribution in [2.45, 2.75) is 90.3 Å². The van der Waals surface area contributed by atoms with E-state index in [0.717, 1.165) is 18.4 Å². The van der Waals surface area contributed by atoms with Crippen molar-refractivity contribution in [3.8, 4) is 0 Å². The molecule has 0 aromatic heterocycles. The number of nitrogens with zero attached hydrogens (tertiary/aromatic N) is 1. The number of aliphatic hydroxyl groups is 1. The average molecular weight is 299 g/mol. The van der Waals surface area contributed by atoms with Crippen LogP contribution in [0, 0.1) is 5.92 Å². The van der Waals surface area contributed by atoms with Gasteiger partial charge in [-0.15, -0.1) is 0 Å². The van der Waals surface area contributed by atoms with Gasteiger partial charge < -0.3 is 15.3 Å². The van der Waals surface area contributed by atoms with Gasteiger partial charge in [0.15, 0.2) is 0 Å². The van der Waals surface area contributed by atoms with E-state index >= 15 is 0 Å². The van der Waals surface area contributed by atoms with E-state index in [1.807, 2.05) is 0 Å². The van der Waals surface area contributed by atoms with Gasteiger partial charge in [-0.2, -0.15) is 0 Å². The van der Waals surface area contributed by atoms with Crippen molar-refractivity contribution in [2.75, 3.05) is 20.2 Å². The summed E-state index contributed by atoms with van der Waals surface area (Å²) in [6.07, 6.45) is 9.04. The second-order valence-electron chi connectivity index (χ2n) is 7.88. The Morgan fingerprint density at radius 3 is 2.57 bits per heavy atom. The molecule has 1 aliphatic rings. The molecular formula is C18H38N2O. The second-order valence-corrected chi connectivity index (χ2v) is 7.88. The van der Waals surface area contributed by atoms with E-state index < -0.39 is 0 Å². The molecule has 2 N–H and O–H groups in total. The van der Waals surface area contributed by atoms with Crippen LogP contribution in [0.15, 0.2) is 0 Å². The summed E-state index contributed by atoms with van der Waals surface area (Å²) >= 11 is 0. The van der Waals surface area contributed by atoms with Crippen LogP contribution in [0.5, 0.6) is 0 Å². The summed E-state index contributed by atoms with van der Waals surface area (Å²) in [5, 5.41) is 13.1. The molecule has 0 radical (unpaired) electrons. The quantitative estimate of drug-likeness (QED) is 0.640. The smallest absolute Gasteiger partial charge is 0.0610 e. The van der Waals surface area contributed by atoms with E-state index in [1.54, 1.807) is 0 Å². The zero-order chi connectivity index (χ0) is 15.9. The SMILES string of the molecule is CC1CCCC(N(C)CCCCC(C)(CO)NC(C)C)C1. The minimum atomic E-state index is -0.119. The van der Waals surface area contributed by atoms with E-state index in [1.165, 1.54) is 45.1 Å². The number of hydrogen-bond donors (Lipinski definition) is 2. The van der Waals surface area contributed by atoms with Crippen LogP contribution in [0.1, 0.15) is 72.6 Å². The van der Waals surface area contributed by atoms with E-state index in [9.17, 15) is 5.11 Å². The molecule has 126 valence electrons. The molecule has 0 spiro atoms. The molecule has 0 aromatic carbocycles. The molecule has 21 heavy (non-hydrogen) atoms. The molecular weight excluding hydrogens is 260 g/mol. The highest BCUT2D eigenvalue weighted by molar-refractivity contribution is 4.84. The fourth-order valence-electron chi connectivity index (χ4n) is 3.76. The van der Waals surface area contributed by atoms with Crippen LogP contribution in [0.3, 0.4) is 0 Å². The normalized spacial score (nSPS) is 26.3. The average Bonchev–Trinajstić information content (AvgIpc) is 2.42. The molecule has 0 aromatic rings. The van der Waals surface area contributed by atoms with Gasteiger partial charge in [0.25, 0.3) is 0 Å². The highest BCUT2D eigenvalue weighted by Crippen LogP contribution is 2.27. The number of rotatable bonds is 9. The fourth-order valence-corrected chi connectivity index (χ4v) is 3.76. The molecule has 3 heteroatoms. The van der Waals surface area contributed by atoms with Gasteiger partial charge in [-0.1, -0.05) is 40.0 Å². The van der Waals surface area contributed by atoms with E-state index in [0.29, 0.717) is 6.04 Å². The molecule has 0 bridgehead atoms. The zero-order valence-electron chi connectivity index (χ0n) is 15.0. The first kappa shape index (κ1) is 18.9. The first-order valence-electron chi connectivity index (χ1n) is 8.95. The van der Waals surface area contributed by atoms with Gasteiger partial charge >= 0.3 is 0 Å². The van der Waals surface area contributed by atoms with Crippen LogP contribution in [0.25, 0.3) is 0 Å². The van der Waals surface area contributed by atoms with Gasteiger partial charge in [0.2, 0.25) is 0 Å². The van der Waals surface area contributed by atoms with Crippen molar-refractivity contribution in [3.63, 3.8) is 0 Å². The van der Waals surface area contributed by atoms with Gasteiger partial charge in [0.1, 0.15) is 0 Å². The highest BCUT2D eigenvalue weighted by Gasteiger charge is 2.24. The van der Waals surface area contributed by atoms with Gasteiger partial charge in [0, 0.05) is 17.6 Å². The minimum absolute atomic E-state index is 0.119. The van der Waals surface area contributed by atoms with E-state index in [4.69, 9.17) is 0 Å². The summed E-state index contributed by atoms with van der Waals surface area (Å²) < 4.78 is 0. The van der Waals surface area contributed by atoms with Crippen LogP contribution in [-0.2, 0) is 0 Å². The molecule has 3 nitrogen and oxygen atoms in total. The molecule has 0 aliphatic heterocycles. The molecule has 1 saturated carbocycles. The summed E-state index contributed by atoms with van der Waals surface area (Å²) in [6, 6.07) is 1.22.